The number of benzene rings is 1. The molecule has 0 spiro atoms. The number of nitrogens with two attached hydrogens (primary N) is 1. The van der Waals surface area contributed by atoms with Crippen LogP contribution in [0.3, 0.4) is 0 Å². The number of halogens is 2. The zero-order valence-electron chi connectivity index (χ0n) is 9.19. The SMILES string of the molecule is Cn1nccc1C(NN)c1cccc(Br)c1Cl. The standard InChI is InChI=1S/C11H12BrClN4/c1-17-9(5-6-15-17)11(16-14)7-3-2-4-8(12)10(7)13/h2-6,11,16H,14H2,1H3. The Kier molecular flexibility index (Phi) is 3.83. The van der Waals surface area contributed by atoms with E-state index in [4.69, 9.17) is 17.4 Å². The van der Waals surface area contributed by atoms with Gasteiger partial charge in [0.25, 0.3) is 0 Å². The molecule has 90 valence electrons. The van der Waals surface area contributed by atoms with Gasteiger partial charge in [-0.25, -0.2) is 5.43 Å². The van der Waals surface area contributed by atoms with E-state index in [1.54, 1.807) is 10.9 Å². The molecule has 0 saturated carbocycles. The van der Waals surface area contributed by atoms with E-state index >= 15 is 0 Å². The van der Waals surface area contributed by atoms with Gasteiger partial charge < -0.3 is 0 Å². The molecule has 0 aliphatic heterocycles. The van der Waals surface area contributed by atoms with Gasteiger partial charge in [0.15, 0.2) is 0 Å². The van der Waals surface area contributed by atoms with Crippen LogP contribution in [0.5, 0.6) is 0 Å². The van der Waals surface area contributed by atoms with Crippen LogP contribution >= 0.6 is 27.5 Å². The summed E-state index contributed by atoms with van der Waals surface area (Å²) >= 11 is 9.67. The van der Waals surface area contributed by atoms with E-state index in [-0.39, 0.29) is 6.04 Å². The topological polar surface area (TPSA) is 55.9 Å². The van der Waals surface area contributed by atoms with Crippen molar-refractivity contribution in [1.29, 1.82) is 0 Å². The molecule has 0 bridgehead atoms. The second-order valence-corrected chi connectivity index (χ2v) is 4.85. The van der Waals surface area contributed by atoms with Crippen LogP contribution in [-0.2, 0) is 7.05 Å². The van der Waals surface area contributed by atoms with Crippen molar-refractivity contribution in [2.75, 3.05) is 0 Å². The van der Waals surface area contributed by atoms with Crippen molar-refractivity contribution in [2.45, 2.75) is 6.04 Å². The fourth-order valence-electron chi connectivity index (χ4n) is 1.75. The lowest BCUT2D eigenvalue weighted by Crippen LogP contribution is -2.30. The number of hydrogen-bond donors (Lipinski definition) is 2. The Balaban J connectivity index is 2.50. The monoisotopic (exact) mass is 314 g/mol. The molecule has 2 rings (SSSR count). The molecular weight excluding hydrogens is 304 g/mol. The average molecular weight is 316 g/mol. The second kappa shape index (κ2) is 5.18. The summed E-state index contributed by atoms with van der Waals surface area (Å²) in [4.78, 5) is 0. The van der Waals surface area contributed by atoms with Gasteiger partial charge in [-0.2, -0.15) is 5.10 Å². The first-order valence-electron chi connectivity index (χ1n) is 5.03. The van der Waals surface area contributed by atoms with Gasteiger partial charge in [0, 0.05) is 17.7 Å². The first kappa shape index (κ1) is 12.6. The van der Waals surface area contributed by atoms with Gasteiger partial charge in [0.05, 0.1) is 16.8 Å². The number of hydrazine groups is 1. The van der Waals surface area contributed by atoms with Gasteiger partial charge in [-0.1, -0.05) is 23.7 Å². The Labute approximate surface area is 113 Å². The molecule has 1 unspecified atom stereocenters. The van der Waals surface area contributed by atoms with Crippen LogP contribution in [0.25, 0.3) is 0 Å². The number of rotatable bonds is 3. The molecule has 0 aliphatic carbocycles. The Morgan fingerprint density at radius 3 is 2.82 bits per heavy atom. The van der Waals surface area contributed by atoms with Crippen molar-refractivity contribution in [3.63, 3.8) is 0 Å². The summed E-state index contributed by atoms with van der Waals surface area (Å²) in [6.07, 6.45) is 1.73. The first-order chi connectivity index (χ1) is 8.15. The maximum absolute atomic E-state index is 6.26. The highest BCUT2D eigenvalue weighted by Gasteiger charge is 2.19. The fourth-order valence-corrected chi connectivity index (χ4v) is 2.36. The predicted molar refractivity (Wildman–Crippen MR) is 71.5 cm³/mol. The predicted octanol–water partition coefficient (Wildman–Crippen LogP) is 2.39. The highest BCUT2D eigenvalue weighted by molar-refractivity contribution is 9.10. The summed E-state index contributed by atoms with van der Waals surface area (Å²) in [6, 6.07) is 7.47. The van der Waals surface area contributed by atoms with Gasteiger partial charge in [0.1, 0.15) is 0 Å². The zero-order valence-corrected chi connectivity index (χ0v) is 11.5. The van der Waals surface area contributed by atoms with Crippen molar-refractivity contribution in [2.24, 2.45) is 12.9 Å². The molecule has 2 aromatic rings. The van der Waals surface area contributed by atoms with Crippen molar-refractivity contribution < 1.29 is 0 Å². The largest absolute Gasteiger partial charge is 0.271 e. The number of nitrogens with one attached hydrogen (secondary N) is 1. The van der Waals surface area contributed by atoms with Gasteiger partial charge in [-0.15, -0.1) is 0 Å². The molecule has 1 aromatic heterocycles. The van der Waals surface area contributed by atoms with Crippen molar-refractivity contribution in [3.05, 3.63) is 51.2 Å². The number of nitrogens with zero attached hydrogens (tertiary/aromatic N) is 2. The van der Waals surface area contributed by atoms with E-state index in [2.05, 4.69) is 26.5 Å². The molecule has 0 amide bonds. The molecule has 1 atom stereocenters. The lowest BCUT2D eigenvalue weighted by atomic mass is 10.0. The smallest absolute Gasteiger partial charge is 0.0892 e. The molecule has 0 radical (unpaired) electrons. The molecule has 3 N–H and O–H groups in total. The summed E-state index contributed by atoms with van der Waals surface area (Å²) in [5.74, 6) is 5.62. The minimum Gasteiger partial charge on any atom is -0.271 e. The van der Waals surface area contributed by atoms with Crippen LogP contribution in [0.15, 0.2) is 34.9 Å². The minimum absolute atomic E-state index is 0.188. The maximum atomic E-state index is 6.26. The highest BCUT2D eigenvalue weighted by Crippen LogP contribution is 2.32. The molecular formula is C11H12BrClN4. The van der Waals surface area contributed by atoms with Crippen molar-refractivity contribution in [3.8, 4) is 0 Å². The fraction of sp³-hybridized carbons (Fsp3) is 0.182. The third-order valence-corrected chi connectivity index (χ3v) is 3.92. The molecule has 1 aromatic carbocycles. The van der Waals surface area contributed by atoms with E-state index in [9.17, 15) is 0 Å². The third-order valence-electron chi connectivity index (χ3n) is 2.61. The second-order valence-electron chi connectivity index (χ2n) is 3.62. The van der Waals surface area contributed by atoms with Crippen molar-refractivity contribution >= 4 is 27.5 Å². The summed E-state index contributed by atoms with van der Waals surface area (Å²) in [6.45, 7) is 0. The quantitative estimate of drug-likeness (QED) is 0.675. The number of hydrogen-bond acceptors (Lipinski definition) is 3. The zero-order chi connectivity index (χ0) is 12.4. The van der Waals surface area contributed by atoms with Crippen LogP contribution < -0.4 is 11.3 Å². The van der Waals surface area contributed by atoms with E-state index in [0.29, 0.717) is 5.02 Å². The number of aryl methyl sites for hydroxylation is 1. The van der Waals surface area contributed by atoms with Crippen LogP contribution in [-0.4, -0.2) is 9.78 Å². The van der Waals surface area contributed by atoms with Crippen LogP contribution in [0, 0.1) is 0 Å². The Bertz CT molecular complexity index is 526. The molecule has 17 heavy (non-hydrogen) atoms. The Morgan fingerprint density at radius 2 is 2.24 bits per heavy atom. The van der Waals surface area contributed by atoms with Crippen LogP contribution in [0.1, 0.15) is 17.3 Å². The average Bonchev–Trinajstić information content (AvgIpc) is 2.72. The summed E-state index contributed by atoms with van der Waals surface area (Å²) in [5, 5.41) is 4.78. The number of aromatic nitrogens is 2. The van der Waals surface area contributed by atoms with E-state index in [1.807, 2.05) is 31.3 Å². The molecule has 1 heterocycles. The molecule has 6 heteroatoms. The normalized spacial score (nSPS) is 12.7. The van der Waals surface area contributed by atoms with Crippen molar-refractivity contribution in [1.82, 2.24) is 15.2 Å². The molecule has 0 fully saturated rings. The Hall–Kier alpha value is -0.880. The van der Waals surface area contributed by atoms with Crippen LogP contribution in [0.2, 0.25) is 5.02 Å². The lowest BCUT2D eigenvalue weighted by Gasteiger charge is -2.18. The highest BCUT2D eigenvalue weighted by atomic mass is 79.9. The van der Waals surface area contributed by atoms with E-state index < -0.39 is 0 Å². The maximum Gasteiger partial charge on any atom is 0.0892 e. The van der Waals surface area contributed by atoms with E-state index in [0.717, 1.165) is 15.7 Å². The summed E-state index contributed by atoms with van der Waals surface area (Å²) < 4.78 is 2.61. The summed E-state index contributed by atoms with van der Waals surface area (Å²) in [5.41, 5.74) is 4.62. The van der Waals surface area contributed by atoms with Gasteiger partial charge in [-0.3, -0.25) is 10.5 Å². The lowest BCUT2D eigenvalue weighted by molar-refractivity contribution is 0.575. The van der Waals surface area contributed by atoms with Gasteiger partial charge in [0.2, 0.25) is 0 Å². The summed E-state index contributed by atoms with van der Waals surface area (Å²) in [7, 11) is 1.87. The first-order valence-corrected chi connectivity index (χ1v) is 6.20. The van der Waals surface area contributed by atoms with Gasteiger partial charge in [-0.05, 0) is 33.6 Å². The molecule has 4 nitrogen and oxygen atoms in total. The minimum atomic E-state index is -0.188. The van der Waals surface area contributed by atoms with E-state index in [1.165, 1.54) is 0 Å². The molecule has 0 saturated heterocycles. The Morgan fingerprint density at radius 1 is 1.47 bits per heavy atom. The van der Waals surface area contributed by atoms with Gasteiger partial charge >= 0.3 is 0 Å². The third kappa shape index (κ3) is 2.37. The van der Waals surface area contributed by atoms with Crippen LogP contribution in [0.4, 0.5) is 0 Å². The molecule has 0 aliphatic rings.